The quantitative estimate of drug-likeness (QED) is 0.269. The van der Waals surface area contributed by atoms with E-state index < -0.39 is 9.84 Å². The third kappa shape index (κ3) is 6.76. The Labute approximate surface area is 167 Å². The summed E-state index contributed by atoms with van der Waals surface area (Å²) in [6, 6.07) is 0. The van der Waals surface area contributed by atoms with Crippen LogP contribution >= 0.6 is 24.0 Å². The highest BCUT2D eigenvalue weighted by atomic mass is 127. The summed E-state index contributed by atoms with van der Waals surface area (Å²) in [6.07, 6.45) is 0.686. The molecule has 2 saturated heterocycles. The number of rotatable bonds is 5. The Kier molecular flexibility index (Phi) is 8.66. The molecule has 0 radical (unpaired) electrons. The molecular weight excluding hydrogens is 455 g/mol. The van der Waals surface area contributed by atoms with Crippen LogP contribution in [0.5, 0.6) is 0 Å². The second kappa shape index (κ2) is 9.75. The minimum absolute atomic E-state index is 0. The Hall–Kier alpha value is -0.840. The second-order valence-corrected chi connectivity index (χ2v) is 8.87. The first-order valence-electron chi connectivity index (χ1n) is 8.46. The number of carbonyl (C=O) groups excluding carboxylic acids is 1. The molecule has 1 atom stereocenters. The molecule has 0 aromatic carbocycles. The predicted octanol–water partition coefficient (Wildman–Crippen LogP) is 0.725. The molecule has 0 aromatic rings. The van der Waals surface area contributed by atoms with Crippen LogP contribution in [0.25, 0.3) is 0 Å². The van der Waals surface area contributed by atoms with Crippen molar-refractivity contribution in [2.24, 2.45) is 10.9 Å². The van der Waals surface area contributed by atoms with Gasteiger partial charge < -0.3 is 15.1 Å². The number of nitrogens with zero attached hydrogens (tertiary/aromatic N) is 3. The van der Waals surface area contributed by atoms with Gasteiger partial charge in [-0.3, -0.25) is 4.79 Å². The van der Waals surface area contributed by atoms with Gasteiger partial charge in [-0.15, -0.1) is 24.0 Å². The third-order valence-electron chi connectivity index (χ3n) is 4.37. The van der Waals surface area contributed by atoms with E-state index in [9.17, 15) is 13.2 Å². The van der Waals surface area contributed by atoms with Crippen LogP contribution in [0.3, 0.4) is 0 Å². The molecule has 7 nitrogen and oxygen atoms in total. The van der Waals surface area contributed by atoms with Crippen LogP contribution < -0.4 is 5.32 Å². The highest BCUT2D eigenvalue weighted by Crippen LogP contribution is 2.17. The lowest BCUT2D eigenvalue weighted by molar-refractivity contribution is -0.134. The Morgan fingerprint density at radius 3 is 2.64 bits per heavy atom. The molecule has 0 aliphatic carbocycles. The van der Waals surface area contributed by atoms with Crippen molar-refractivity contribution in [3.05, 3.63) is 12.2 Å². The molecule has 1 amide bonds. The highest BCUT2D eigenvalue weighted by molar-refractivity contribution is 14.0. The molecule has 2 aliphatic heterocycles. The van der Waals surface area contributed by atoms with Crippen LogP contribution in [0, 0.1) is 5.92 Å². The van der Waals surface area contributed by atoms with E-state index >= 15 is 0 Å². The minimum atomic E-state index is -2.88. The number of piperazine rings is 1. The van der Waals surface area contributed by atoms with Gasteiger partial charge in [0, 0.05) is 26.2 Å². The zero-order valence-electron chi connectivity index (χ0n) is 15.0. The zero-order valence-corrected chi connectivity index (χ0v) is 18.2. The fourth-order valence-corrected chi connectivity index (χ4v) is 4.83. The SMILES string of the molecule is C=C(C)CN=C(NCC1CCS(=O)(=O)C1)N1CCN(CC)C(=O)C1.I. The van der Waals surface area contributed by atoms with Gasteiger partial charge in [0.05, 0.1) is 24.6 Å². The van der Waals surface area contributed by atoms with E-state index in [1.165, 1.54) is 0 Å². The smallest absolute Gasteiger partial charge is 0.242 e. The van der Waals surface area contributed by atoms with Gasteiger partial charge in [-0.25, -0.2) is 13.4 Å². The van der Waals surface area contributed by atoms with Crippen LogP contribution in [-0.4, -0.2) is 80.9 Å². The number of hydrogen-bond donors (Lipinski definition) is 1. The molecule has 2 rings (SSSR count). The molecule has 2 fully saturated rings. The molecule has 0 saturated carbocycles. The Morgan fingerprint density at radius 2 is 2.12 bits per heavy atom. The molecule has 0 spiro atoms. The summed E-state index contributed by atoms with van der Waals surface area (Å²) in [6.45, 7) is 11.2. The molecular formula is C16H29IN4O3S. The maximum Gasteiger partial charge on any atom is 0.242 e. The highest BCUT2D eigenvalue weighted by Gasteiger charge is 2.29. The summed E-state index contributed by atoms with van der Waals surface area (Å²) < 4.78 is 23.2. The average molecular weight is 484 g/mol. The normalized spacial score (nSPS) is 23.4. The fourth-order valence-electron chi connectivity index (χ4n) is 2.97. The van der Waals surface area contributed by atoms with E-state index in [1.54, 1.807) is 0 Å². The summed E-state index contributed by atoms with van der Waals surface area (Å²) in [5.41, 5.74) is 0.941. The summed E-state index contributed by atoms with van der Waals surface area (Å²) in [5, 5.41) is 3.28. The van der Waals surface area contributed by atoms with E-state index in [-0.39, 0.29) is 47.3 Å². The summed E-state index contributed by atoms with van der Waals surface area (Å²) in [4.78, 5) is 20.4. The number of carbonyl (C=O) groups is 1. The van der Waals surface area contributed by atoms with Crippen LogP contribution in [0.4, 0.5) is 0 Å². The number of guanidine groups is 1. The number of amides is 1. The maximum absolute atomic E-state index is 12.1. The molecule has 9 heteroatoms. The second-order valence-electron chi connectivity index (χ2n) is 6.64. The number of aliphatic imine (C=N–C) groups is 1. The van der Waals surface area contributed by atoms with E-state index in [4.69, 9.17) is 0 Å². The number of likely N-dealkylation sites (N-methyl/N-ethyl adjacent to an activating group) is 1. The van der Waals surface area contributed by atoms with Gasteiger partial charge in [-0.2, -0.15) is 0 Å². The number of hydrogen-bond acceptors (Lipinski definition) is 4. The van der Waals surface area contributed by atoms with E-state index in [2.05, 4.69) is 16.9 Å². The van der Waals surface area contributed by atoms with Crippen molar-refractivity contribution in [3.63, 3.8) is 0 Å². The topological polar surface area (TPSA) is 82.1 Å². The predicted molar refractivity (Wildman–Crippen MR) is 111 cm³/mol. The van der Waals surface area contributed by atoms with E-state index in [0.717, 1.165) is 18.7 Å². The molecule has 144 valence electrons. The van der Waals surface area contributed by atoms with Gasteiger partial charge >= 0.3 is 0 Å². The molecule has 1 N–H and O–H groups in total. The first kappa shape index (κ1) is 22.2. The fraction of sp³-hybridized carbons (Fsp3) is 0.750. The first-order valence-corrected chi connectivity index (χ1v) is 10.3. The van der Waals surface area contributed by atoms with Gasteiger partial charge in [0.15, 0.2) is 15.8 Å². The maximum atomic E-state index is 12.1. The van der Waals surface area contributed by atoms with Gasteiger partial charge in [-0.05, 0) is 26.2 Å². The van der Waals surface area contributed by atoms with Gasteiger partial charge in [0.2, 0.25) is 5.91 Å². The Balaban J connectivity index is 0.00000312. The number of sulfone groups is 1. The monoisotopic (exact) mass is 484 g/mol. The van der Waals surface area contributed by atoms with Crippen LogP contribution in [0.2, 0.25) is 0 Å². The summed E-state index contributed by atoms with van der Waals surface area (Å²) >= 11 is 0. The van der Waals surface area contributed by atoms with Crippen molar-refractivity contribution in [3.8, 4) is 0 Å². The van der Waals surface area contributed by atoms with Crippen molar-refractivity contribution in [2.45, 2.75) is 20.3 Å². The lowest BCUT2D eigenvalue weighted by Gasteiger charge is -2.35. The van der Waals surface area contributed by atoms with Crippen molar-refractivity contribution >= 4 is 45.7 Å². The first-order chi connectivity index (χ1) is 11.3. The average Bonchev–Trinajstić information content (AvgIpc) is 2.86. The van der Waals surface area contributed by atoms with Crippen LogP contribution in [0.15, 0.2) is 17.1 Å². The largest absolute Gasteiger partial charge is 0.356 e. The molecule has 25 heavy (non-hydrogen) atoms. The number of halogens is 1. The molecule has 1 unspecified atom stereocenters. The summed E-state index contributed by atoms with van der Waals surface area (Å²) in [7, 11) is -2.88. The third-order valence-corrected chi connectivity index (χ3v) is 6.21. The standard InChI is InChI=1S/C16H28N4O3S.HI/c1-4-19-6-7-20(11-15(19)21)16(17-9-13(2)3)18-10-14-5-8-24(22,23)12-14;/h14H,2,4-12H2,1,3H3,(H,17,18);1H. The lowest BCUT2D eigenvalue weighted by Crippen LogP contribution is -2.55. The van der Waals surface area contributed by atoms with Crippen LogP contribution in [0.1, 0.15) is 20.3 Å². The van der Waals surface area contributed by atoms with Gasteiger partial charge in [0.1, 0.15) is 0 Å². The summed E-state index contributed by atoms with van der Waals surface area (Å²) in [5.74, 6) is 1.38. The van der Waals surface area contributed by atoms with Crippen molar-refractivity contribution < 1.29 is 13.2 Å². The zero-order chi connectivity index (χ0) is 17.7. The molecule has 0 aromatic heterocycles. The molecule has 2 heterocycles. The van der Waals surface area contributed by atoms with Crippen molar-refractivity contribution in [2.75, 3.05) is 50.8 Å². The van der Waals surface area contributed by atoms with E-state index in [0.29, 0.717) is 38.6 Å². The van der Waals surface area contributed by atoms with Gasteiger partial charge in [-0.1, -0.05) is 12.2 Å². The Morgan fingerprint density at radius 1 is 1.40 bits per heavy atom. The number of nitrogens with one attached hydrogen (secondary N) is 1. The van der Waals surface area contributed by atoms with Crippen molar-refractivity contribution in [1.82, 2.24) is 15.1 Å². The van der Waals surface area contributed by atoms with Crippen molar-refractivity contribution in [1.29, 1.82) is 0 Å². The lowest BCUT2D eigenvalue weighted by atomic mass is 10.1. The molecule has 0 bridgehead atoms. The van der Waals surface area contributed by atoms with E-state index in [1.807, 2.05) is 23.6 Å². The van der Waals surface area contributed by atoms with Gasteiger partial charge in [0.25, 0.3) is 0 Å². The van der Waals surface area contributed by atoms with Crippen LogP contribution in [-0.2, 0) is 14.6 Å². The Bertz CT molecular complexity index is 621. The minimum Gasteiger partial charge on any atom is -0.356 e. The molecule has 2 aliphatic rings.